The van der Waals surface area contributed by atoms with Crippen molar-refractivity contribution in [2.24, 2.45) is 0 Å². The molecule has 0 amide bonds. The van der Waals surface area contributed by atoms with Gasteiger partial charge in [-0.05, 0) is 37.0 Å². The van der Waals surface area contributed by atoms with Gasteiger partial charge in [0.15, 0.2) is 0 Å². The molecule has 1 aliphatic heterocycles. The number of hydrogen-bond acceptors (Lipinski definition) is 4. The summed E-state index contributed by atoms with van der Waals surface area (Å²) in [7, 11) is 1.68. The predicted molar refractivity (Wildman–Crippen MR) is 72.7 cm³/mol. The summed E-state index contributed by atoms with van der Waals surface area (Å²) in [5.41, 5.74) is 3.42. The Morgan fingerprint density at radius 2 is 2.15 bits per heavy atom. The molecule has 0 bridgehead atoms. The van der Waals surface area contributed by atoms with Crippen LogP contribution in [0, 0.1) is 0 Å². The molecule has 1 aromatic carbocycles. The summed E-state index contributed by atoms with van der Waals surface area (Å²) in [6, 6.07) is 8.08. The number of rotatable bonds is 3. The Morgan fingerprint density at radius 1 is 1.35 bits per heavy atom. The number of ether oxygens (including phenoxy) is 2. The smallest absolute Gasteiger partial charge is 0.135 e. The van der Waals surface area contributed by atoms with Crippen LogP contribution in [0.5, 0.6) is 5.75 Å². The molecule has 1 spiro atoms. The Labute approximate surface area is 117 Å². The topological polar surface area (TPSA) is 52.5 Å². The van der Waals surface area contributed by atoms with Crippen LogP contribution in [0.25, 0.3) is 0 Å². The molecule has 2 heterocycles. The minimum Gasteiger partial charge on any atom is -0.497 e. The zero-order chi connectivity index (χ0) is 13.6. The van der Waals surface area contributed by atoms with Crippen molar-refractivity contribution in [1.29, 1.82) is 0 Å². The fraction of sp³-hybridized carbons (Fsp3) is 0.467. The number of methoxy groups -OCH3 is 1. The molecule has 1 aromatic heterocycles. The van der Waals surface area contributed by atoms with E-state index in [1.54, 1.807) is 7.11 Å². The lowest BCUT2D eigenvalue weighted by atomic mass is 9.90. The van der Waals surface area contributed by atoms with Crippen molar-refractivity contribution in [2.75, 3.05) is 13.7 Å². The lowest BCUT2D eigenvalue weighted by Gasteiger charge is -2.19. The highest BCUT2D eigenvalue weighted by molar-refractivity contribution is 5.30. The van der Waals surface area contributed by atoms with E-state index in [9.17, 15) is 0 Å². The van der Waals surface area contributed by atoms with Gasteiger partial charge in [-0.15, -0.1) is 5.10 Å². The summed E-state index contributed by atoms with van der Waals surface area (Å²) >= 11 is 0. The SMILES string of the molecule is COc1ccc(Cn2nnc3c2[C@]2(CCC3)CO2)cc1. The number of aromatic nitrogens is 3. The van der Waals surface area contributed by atoms with E-state index in [-0.39, 0.29) is 5.60 Å². The summed E-state index contributed by atoms with van der Waals surface area (Å²) in [5, 5.41) is 8.66. The van der Waals surface area contributed by atoms with Gasteiger partial charge in [-0.25, -0.2) is 4.68 Å². The molecule has 1 atom stereocenters. The van der Waals surface area contributed by atoms with E-state index in [0.29, 0.717) is 0 Å². The molecule has 4 rings (SSSR count). The van der Waals surface area contributed by atoms with E-state index >= 15 is 0 Å². The minimum absolute atomic E-state index is 0.0798. The predicted octanol–water partition coefficient (Wildman–Crippen LogP) is 1.90. The van der Waals surface area contributed by atoms with Gasteiger partial charge in [0, 0.05) is 0 Å². The van der Waals surface area contributed by atoms with Gasteiger partial charge in [0.05, 0.1) is 31.6 Å². The van der Waals surface area contributed by atoms with Gasteiger partial charge in [0.25, 0.3) is 0 Å². The van der Waals surface area contributed by atoms with Gasteiger partial charge in [-0.2, -0.15) is 0 Å². The first-order valence-corrected chi connectivity index (χ1v) is 7.00. The number of epoxide rings is 1. The van der Waals surface area contributed by atoms with Crippen LogP contribution in [0.15, 0.2) is 24.3 Å². The second-order valence-corrected chi connectivity index (χ2v) is 5.53. The van der Waals surface area contributed by atoms with Gasteiger partial charge < -0.3 is 9.47 Å². The monoisotopic (exact) mass is 271 g/mol. The highest BCUT2D eigenvalue weighted by Crippen LogP contribution is 2.47. The average molecular weight is 271 g/mol. The molecule has 0 N–H and O–H groups in total. The maximum absolute atomic E-state index is 5.72. The van der Waals surface area contributed by atoms with Crippen LogP contribution < -0.4 is 4.74 Å². The van der Waals surface area contributed by atoms with E-state index < -0.39 is 0 Å². The van der Waals surface area contributed by atoms with Crippen LogP contribution in [-0.2, 0) is 23.3 Å². The second-order valence-electron chi connectivity index (χ2n) is 5.53. The Balaban J connectivity index is 1.64. The summed E-state index contributed by atoms with van der Waals surface area (Å²) in [6.45, 7) is 1.55. The first-order chi connectivity index (χ1) is 9.81. The molecule has 0 unspecified atom stereocenters. The molecule has 5 heteroatoms. The second kappa shape index (κ2) is 4.31. The summed E-state index contributed by atoms with van der Waals surface area (Å²) in [4.78, 5) is 0. The third-order valence-electron chi connectivity index (χ3n) is 4.21. The molecule has 1 aliphatic carbocycles. The fourth-order valence-electron chi connectivity index (χ4n) is 3.06. The van der Waals surface area contributed by atoms with Crippen LogP contribution >= 0.6 is 0 Å². The van der Waals surface area contributed by atoms with Crippen molar-refractivity contribution < 1.29 is 9.47 Å². The number of nitrogens with zero attached hydrogens (tertiary/aromatic N) is 3. The summed E-state index contributed by atoms with van der Waals surface area (Å²) in [5.74, 6) is 0.872. The van der Waals surface area contributed by atoms with Crippen LogP contribution in [0.1, 0.15) is 29.8 Å². The normalized spacial score (nSPS) is 23.6. The average Bonchev–Trinajstić information content (AvgIpc) is 3.12. The van der Waals surface area contributed by atoms with Crippen molar-refractivity contribution in [1.82, 2.24) is 15.0 Å². The largest absolute Gasteiger partial charge is 0.497 e. The molecule has 0 saturated carbocycles. The quantitative estimate of drug-likeness (QED) is 0.800. The zero-order valence-corrected chi connectivity index (χ0v) is 11.5. The van der Waals surface area contributed by atoms with E-state index in [1.165, 1.54) is 11.3 Å². The number of benzene rings is 1. The molecule has 0 radical (unpaired) electrons. The fourth-order valence-corrected chi connectivity index (χ4v) is 3.06. The van der Waals surface area contributed by atoms with Crippen LogP contribution in [0.4, 0.5) is 0 Å². The Kier molecular flexibility index (Phi) is 2.57. The van der Waals surface area contributed by atoms with E-state index in [2.05, 4.69) is 22.4 Å². The molecule has 5 nitrogen and oxygen atoms in total. The number of aryl methyl sites for hydroxylation is 1. The van der Waals surface area contributed by atoms with Crippen LogP contribution in [0.2, 0.25) is 0 Å². The highest BCUT2D eigenvalue weighted by atomic mass is 16.6. The minimum atomic E-state index is -0.0798. The van der Waals surface area contributed by atoms with Crippen LogP contribution in [0.3, 0.4) is 0 Å². The van der Waals surface area contributed by atoms with Gasteiger partial charge >= 0.3 is 0 Å². The van der Waals surface area contributed by atoms with Crippen molar-refractivity contribution in [2.45, 2.75) is 31.4 Å². The van der Waals surface area contributed by atoms with Crippen LogP contribution in [-0.4, -0.2) is 28.7 Å². The first-order valence-electron chi connectivity index (χ1n) is 7.00. The zero-order valence-electron chi connectivity index (χ0n) is 11.5. The van der Waals surface area contributed by atoms with Gasteiger partial charge in [-0.3, -0.25) is 0 Å². The van der Waals surface area contributed by atoms with Gasteiger partial charge in [0.1, 0.15) is 11.4 Å². The van der Waals surface area contributed by atoms with Crippen molar-refractivity contribution >= 4 is 0 Å². The molecule has 1 saturated heterocycles. The molecule has 1 fully saturated rings. The van der Waals surface area contributed by atoms with Crippen molar-refractivity contribution in [3.8, 4) is 5.75 Å². The molecule has 2 aromatic rings. The summed E-state index contributed by atoms with van der Waals surface area (Å²) in [6.07, 6.45) is 3.26. The molecule has 2 aliphatic rings. The first kappa shape index (κ1) is 11.9. The molecule has 20 heavy (non-hydrogen) atoms. The highest BCUT2D eigenvalue weighted by Gasteiger charge is 2.52. The van der Waals surface area contributed by atoms with Crippen molar-refractivity contribution in [3.05, 3.63) is 41.2 Å². The standard InChI is InChI=1S/C15H17N3O2/c1-19-12-6-4-11(5-7-12)9-18-14-13(16-17-18)3-2-8-15(14)10-20-15/h4-7H,2-3,8-10H2,1H3/t15-/m0/s1. The van der Waals surface area contributed by atoms with Gasteiger partial charge in [0.2, 0.25) is 0 Å². The lowest BCUT2D eigenvalue weighted by Crippen LogP contribution is -2.22. The molecular weight excluding hydrogens is 254 g/mol. The Morgan fingerprint density at radius 3 is 2.85 bits per heavy atom. The van der Waals surface area contributed by atoms with E-state index in [1.807, 2.05) is 16.8 Å². The molecular formula is C15H17N3O2. The van der Waals surface area contributed by atoms with E-state index in [0.717, 1.165) is 43.9 Å². The third kappa shape index (κ3) is 1.81. The third-order valence-corrected chi connectivity index (χ3v) is 4.21. The Hall–Kier alpha value is -1.88. The molecule has 104 valence electrons. The Bertz CT molecular complexity index is 629. The van der Waals surface area contributed by atoms with Crippen molar-refractivity contribution in [3.63, 3.8) is 0 Å². The van der Waals surface area contributed by atoms with Gasteiger partial charge in [-0.1, -0.05) is 17.3 Å². The number of fused-ring (bicyclic) bond motifs is 2. The summed E-state index contributed by atoms with van der Waals surface area (Å²) < 4.78 is 12.9. The van der Waals surface area contributed by atoms with E-state index in [4.69, 9.17) is 9.47 Å². The lowest BCUT2D eigenvalue weighted by molar-refractivity contribution is 0.262. The number of hydrogen-bond donors (Lipinski definition) is 0. The maximum atomic E-state index is 5.72. The maximum Gasteiger partial charge on any atom is 0.135 e.